The SMILES string of the molecule is Cc1cc(C(=O)NCC2(CO)CC2)c2cc(Br)ccc2n1. The number of halogens is 1. The number of fused-ring (bicyclic) bond motifs is 1. The Morgan fingerprint density at radius 1 is 1.43 bits per heavy atom. The van der Waals surface area contributed by atoms with Gasteiger partial charge >= 0.3 is 0 Å². The number of aliphatic hydroxyl groups excluding tert-OH is 1. The zero-order chi connectivity index (χ0) is 15.0. The number of rotatable bonds is 4. The van der Waals surface area contributed by atoms with Crippen molar-refractivity contribution in [3.05, 3.63) is 40.0 Å². The Hall–Kier alpha value is -1.46. The minimum atomic E-state index is -0.108. The van der Waals surface area contributed by atoms with Gasteiger partial charge in [-0.05, 0) is 44.0 Å². The van der Waals surface area contributed by atoms with E-state index in [0.29, 0.717) is 12.1 Å². The molecule has 0 atom stereocenters. The van der Waals surface area contributed by atoms with Gasteiger partial charge in [0.25, 0.3) is 5.91 Å². The van der Waals surface area contributed by atoms with Crippen molar-refractivity contribution in [3.8, 4) is 0 Å². The number of carbonyl (C=O) groups is 1. The van der Waals surface area contributed by atoms with Crippen LogP contribution in [0.3, 0.4) is 0 Å². The minimum absolute atomic E-state index is 0.0892. The molecule has 0 radical (unpaired) electrons. The normalized spacial score (nSPS) is 16.0. The lowest BCUT2D eigenvalue weighted by Gasteiger charge is -2.14. The van der Waals surface area contributed by atoms with Crippen molar-refractivity contribution >= 4 is 32.7 Å². The molecule has 1 amide bonds. The molecule has 1 aliphatic carbocycles. The van der Waals surface area contributed by atoms with Crippen LogP contribution >= 0.6 is 15.9 Å². The van der Waals surface area contributed by atoms with Crippen molar-refractivity contribution in [2.24, 2.45) is 5.41 Å². The Morgan fingerprint density at radius 3 is 2.86 bits per heavy atom. The van der Waals surface area contributed by atoms with E-state index >= 15 is 0 Å². The Bertz CT molecular complexity index is 711. The number of benzene rings is 1. The monoisotopic (exact) mass is 348 g/mol. The standard InChI is InChI=1S/C16H17BrN2O2/c1-10-6-13(12-7-11(17)2-3-14(12)19-10)15(21)18-8-16(9-20)4-5-16/h2-3,6-7,20H,4-5,8-9H2,1H3,(H,18,21). The Kier molecular flexibility index (Phi) is 3.71. The van der Waals surface area contributed by atoms with E-state index < -0.39 is 0 Å². The van der Waals surface area contributed by atoms with E-state index in [0.717, 1.165) is 33.9 Å². The van der Waals surface area contributed by atoms with Crippen LogP contribution in [0.4, 0.5) is 0 Å². The summed E-state index contributed by atoms with van der Waals surface area (Å²) in [5.41, 5.74) is 2.17. The van der Waals surface area contributed by atoms with Crippen molar-refractivity contribution < 1.29 is 9.90 Å². The van der Waals surface area contributed by atoms with Gasteiger partial charge < -0.3 is 10.4 Å². The van der Waals surface area contributed by atoms with Crippen molar-refractivity contribution in [2.45, 2.75) is 19.8 Å². The summed E-state index contributed by atoms with van der Waals surface area (Å²) in [5.74, 6) is -0.108. The highest BCUT2D eigenvalue weighted by Gasteiger charge is 2.42. The number of pyridine rings is 1. The predicted octanol–water partition coefficient (Wildman–Crippen LogP) is 2.81. The first-order valence-corrected chi connectivity index (χ1v) is 7.78. The quantitative estimate of drug-likeness (QED) is 0.892. The van der Waals surface area contributed by atoms with Gasteiger partial charge in [-0.1, -0.05) is 15.9 Å². The summed E-state index contributed by atoms with van der Waals surface area (Å²) in [6.45, 7) is 2.54. The molecule has 1 fully saturated rings. The van der Waals surface area contributed by atoms with Crippen LogP contribution in [0.1, 0.15) is 28.9 Å². The highest BCUT2D eigenvalue weighted by atomic mass is 79.9. The third kappa shape index (κ3) is 2.94. The zero-order valence-electron chi connectivity index (χ0n) is 11.8. The summed E-state index contributed by atoms with van der Waals surface area (Å²) < 4.78 is 0.920. The number of aromatic nitrogens is 1. The van der Waals surface area contributed by atoms with Gasteiger partial charge in [-0.25, -0.2) is 0 Å². The molecule has 110 valence electrons. The van der Waals surface area contributed by atoms with E-state index in [2.05, 4.69) is 26.2 Å². The average Bonchev–Trinajstić information content (AvgIpc) is 3.25. The molecule has 0 aliphatic heterocycles. The maximum Gasteiger partial charge on any atom is 0.252 e. The van der Waals surface area contributed by atoms with Gasteiger partial charge in [0.15, 0.2) is 0 Å². The second kappa shape index (κ2) is 5.39. The largest absolute Gasteiger partial charge is 0.396 e. The van der Waals surface area contributed by atoms with E-state index in [1.165, 1.54) is 0 Å². The van der Waals surface area contributed by atoms with Gasteiger partial charge in [0.1, 0.15) is 0 Å². The fourth-order valence-corrected chi connectivity index (χ4v) is 2.81. The van der Waals surface area contributed by atoms with Crippen LogP contribution in [0, 0.1) is 12.3 Å². The fraction of sp³-hybridized carbons (Fsp3) is 0.375. The van der Waals surface area contributed by atoms with Crippen LogP contribution in [-0.2, 0) is 0 Å². The molecule has 1 aromatic carbocycles. The second-order valence-corrected chi connectivity index (χ2v) is 6.73. The molecule has 1 aliphatic rings. The van der Waals surface area contributed by atoms with Crippen molar-refractivity contribution in [1.82, 2.24) is 10.3 Å². The maximum atomic E-state index is 12.5. The number of amides is 1. The molecule has 0 saturated heterocycles. The van der Waals surface area contributed by atoms with Crippen LogP contribution in [0.15, 0.2) is 28.7 Å². The number of nitrogens with zero attached hydrogens (tertiary/aromatic N) is 1. The molecule has 1 aromatic heterocycles. The lowest BCUT2D eigenvalue weighted by atomic mass is 10.1. The van der Waals surface area contributed by atoms with Crippen LogP contribution in [-0.4, -0.2) is 29.1 Å². The van der Waals surface area contributed by atoms with E-state index in [9.17, 15) is 9.90 Å². The molecule has 21 heavy (non-hydrogen) atoms. The molecule has 2 N–H and O–H groups in total. The molecule has 2 aromatic rings. The molecule has 1 heterocycles. The van der Waals surface area contributed by atoms with Crippen molar-refractivity contribution in [2.75, 3.05) is 13.2 Å². The van der Waals surface area contributed by atoms with Gasteiger partial charge in [0.2, 0.25) is 0 Å². The molecular weight excluding hydrogens is 332 g/mol. The highest BCUT2D eigenvalue weighted by molar-refractivity contribution is 9.10. The molecule has 3 rings (SSSR count). The number of hydrogen-bond donors (Lipinski definition) is 2. The molecule has 0 bridgehead atoms. The first kappa shape index (κ1) is 14.5. The minimum Gasteiger partial charge on any atom is -0.396 e. The van der Waals surface area contributed by atoms with Crippen molar-refractivity contribution in [3.63, 3.8) is 0 Å². The fourth-order valence-electron chi connectivity index (χ4n) is 2.45. The summed E-state index contributed by atoms with van der Waals surface area (Å²) in [6.07, 6.45) is 1.96. The van der Waals surface area contributed by atoms with E-state index in [1.54, 1.807) is 0 Å². The molecular formula is C16H17BrN2O2. The topological polar surface area (TPSA) is 62.2 Å². The summed E-state index contributed by atoms with van der Waals surface area (Å²) >= 11 is 3.43. The predicted molar refractivity (Wildman–Crippen MR) is 85.3 cm³/mol. The Morgan fingerprint density at radius 2 is 2.19 bits per heavy atom. The lowest BCUT2D eigenvalue weighted by Crippen LogP contribution is -2.32. The Balaban J connectivity index is 1.91. The van der Waals surface area contributed by atoms with E-state index in [-0.39, 0.29) is 17.9 Å². The summed E-state index contributed by atoms with van der Waals surface area (Å²) in [4.78, 5) is 16.9. The van der Waals surface area contributed by atoms with Crippen LogP contribution in [0.5, 0.6) is 0 Å². The number of carbonyl (C=O) groups excluding carboxylic acids is 1. The first-order valence-electron chi connectivity index (χ1n) is 6.99. The Labute approximate surface area is 131 Å². The van der Waals surface area contributed by atoms with Gasteiger partial charge in [-0.3, -0.25) is 9.78 Å². The number of hydrogen-bond acceptors (Lipinski definition) is 3. The number of aliphatic hydroxyl groups is 1. The van der Waals surface area contributed by atoms with E-state index in [4.69, 9.17) is 0 Å². The summed E-state index contributed by atoms with van der Waals surface area (Å²) in [7, 11) is 0. The van der Waals surface area contributed by atoms with Gasteiger partial charge in [-0.2, -0.15) is 0 Å². The lowest BCUT2D eigenvalue weighted by molar-refractivity contribution is 0.0936. The molecule has 5 heteroatoms. The third-order valence-corrected chi connectivity index (χ3v) is 4.55. The average molecular weight is 349 g/mol. The molecule has 0 spiro atoms. The molecule has 4 nitrogen and oxygen atoms in total. The van der Waals surface area contributed by atoms with Gasteiger partial charge in [0, 0.05) is 27.5 Å². The third-order valence-electron chi connectivity index (χ3n) is 4.06. The van der Waals surface area contributed by atoms with Crippen LogP contribution < -0.4 is 5.32 Å². The summed E-state index contributed by atoms with van der Waals surface area (Å²) in [6, 6.07) is 7.54. The van der Waals surface area contributed by atoms with Crippen LogP contribution in [0.2, 0.25) is 0 Å². The second-order valence-electron chi connectivity index (χ2n) is 5.81. The van der Waals surface area contributed by atoms with Gasteiger partial charge in [-0.15, -0.1) is 0 Å². The zero-order valence-corrected chi connectivity index (χ0v) is 13.4. The number of nitrogens with one attached hydrogen (secondary N) is 1. The first-order chi connectivity index (χ1) is 10.0. The van der Waals surface area contributed by atoms with Crippen molar-refractivity contribution in [1.29, 1.82) is 0 Å². The van der Waals surface area contributed by atoms with Gasteiger partial charge in [0.05, 0.1) is 17.7 Å². The van der Waals surface area contributed by atoms with E-state index in [1.807, 2.05) is 31.2 Å². The smallest absolute Gasteiger partial charge is 0.252 e. The molecule has 0 unspecified atom stereocenters. The van der Waals surface area contributed by atoms with Crippen LogP contribution in [0.25, 0.3) is 10.9 Å². The maximum absolute atomic E-state index is 12.5. The highest BCUT2D eigenvalue weighted by Crippen LogP contribution is 2.44. The summed E-state index contributed by atoms with van der Waals surface area (Å²) in [5, 5.41) is 13.1. The molecule has 1 saturated carbocycles. The number of aryl methyl sites for hydroxylation is 1.